The lowest BCUT2D eigenvalue weighted by Gasteiger charge is -2.25. The molecule has 0 fully saturated rings. The molecule has 6 nitrogen and oxygen atoms in total. The van der Waals surface area contributed by atoms with Crippen LogP contribution in [0.15, 0.2) is 30.6 Å². The van der Waals surface area contributed by atoms with Gasteiger partial charge in [0.2, 0.25) is 0 Å². The van der Waals surface area contributed by atoms with E-state index in [0.717, 1.165) is 49.9 Å². The van der Waals surface area contributed by atoms with Crippen LogP contribution in [-0.2, 0) is 25.9 Å². The fourth-order valence-corrected chi connectivity index (χ4v) is 4.25. The Morgan fingerprint density at radius 1 is 1.17 bits per heavy atom. The summed E-state index contributed by atoms with van der Waals surface area (Å²) in [5.41, 5.74) is 1.37. The highest BCUT2D eigenvalue weighted by Gasteiger charge is 2.25. The second kappa shape index (κ2) is 7.09. The number of halogens is 2. The third-order valence-electron chi connectivity index (χ3n) is 5.74. The summed E-state index contributed by atoms with van der Waals surface area (Å²) in [5, 5.41) is 3.11. The molecule has 0 saturated heterocycles. The number of benzene rings is 1. The molecule has 5 rings (SSSR count). The van der Waals surface area contributed by atoms with Crippen LogP contribution in [0.3, 0.4) is 0 Å². The summed E-state index contributed by atoms with van der Waals surface area (Å²) in [7, 11) is 0. The van der Waals surface area contributed by atoms with Crippen molar-refractivity contribution in [3.63, 3.8) is 0 Å². The second-order valence-electron chi connectivity index (χ2n) is 7.70. The Balaban J connectivity index is 1.32. The van der Waals surface area contributed by atoms with Gasteiger partial charge < -0.3 is 14.5 Å². The molecule has 29 heavy (non-hydrogen) atoms. The highest BCUT2D eigenvalue weighted by atomic mass is 19.1. The molecule has 150 valence electrons. The summed E-state index contributed by atoms with van der Waals surface area (Å²) in [6.07, 6.45) is 7.96. The summed E-state index contributed by atoms with van der Waals surface area (Å²) < 4.78 is 31.2. The Morgan fingerprint density at radius 2 is 2.07 bits per heavy atom. The molecule has 2 aromatic heterocycles. The van der Waals surface area contributed by atoms with E-state index in [1.54, 1.807) is 12.4 Å². The second-order valence-corrected chi connectivity index (χ2v) is 7.70. The van der Waals surface area contributed by atoms with Gasteiger partial charge in [0.15, 0.2) is 0 Å². The minimum absolute atomic E-state index is 0.0372. The fraction of sp³-hybridized carbons (Fsp3) is 0.381. The zero-order chi connectivity index (χ0) is 20.0. The Hall–Kier alpha value is -3.03. The molecular formula is C21H21F2N5O. The van der Waals surface area contributed by atoms with Crippen molar-refractivity contribution in [2.24, 2.45) is 0 Å². The standard InChI is InChI=1S/C21H21F2N5O/c22-13-4-6-15(16(23)9-13)17-12-27-11-14(5-7-20(27)26-17)25-21(29)18-10-24-19-3-1-2-8-28(18)19/h4,6,9-10,12,14H,1-3,5,7-8,11H2,(H,25,29). The van der Waals surface area contributed by atoms with Gasteiger partial charge in [0, 0.05) is 49.8 Å². The van der Waals surface area contributed by atoms with Crippen LogP contribution in [0.25, 0.3) is 11.3 Å². The van der Waals surface area contributed by atoms with E-state index in [1.165, 1.54) is 12.1 Å². The molecule has 2 aliphatic rings. The molecule has 0 radical (unpaired) electrons. The number of hydrogen-bond donors (Lipinski definition) is 1. The molecule has 8 heteroatoms. The van der Waals surface area contributed by atoms with Crippen molar-refractivity contribution in [1.82, 2.24) is 24.4 Å². The van der Waals surface area contributed by atoms with Crippen molar-refractivity contribution < 1.29 is 13.6 Å². The number of amides is 1. The van der Waals surface area contributed by atoms with Gasteiger partial charge in [0.1, 0.15) is 29.0 Å². The van der Waals surface area contributed by atoms with Gasteiger partial charge in [-0.1, -0.05) is 0 Å². The highest BCUT2D eigenvalue weighted by molar-refractivity contribution is 5.92. The highest BCUT2D eigenvalue weighted by Crippen LogP contribution is 2.26. The quantitative estimate of drug-likeness (QED) is 0.739. The number of nitrogens with one attached hydrogen (secondary N) is 1. The van der Waals surface area contributed by atoms with Crippen LogP contribution in [0, 0.1) is 11.6 Å². The number of rotatable bonds is 3. The van der Waals surface area contributed by atoms with E-state index in [0.29, 0.717) is 24.4 Å². The molecule has 0 aliphatic carbocycles. The fourth-order valence-electron chi connectivity index (χ4n) is 4.25. The van der Waals surface area contributed by atoms with Crippen LogP contribution in [0.4, 0.5) is 8.78 Å². The van der Waals surface area contributed by atoms with Gasteiger partial charge in [-0.2, -0.15) is 0 Å². The molecule has 1 amide bonds. The number of aryl methyl sites for hydroxylation is 2. The van der Waals surface area contributed by atoms with Gasteiger partial charge in [0.25, 0.3) is 5.91 Å². The summed E-state index contributed by atoms with van der Waals surface area (Å²) in [4.78, 5) is 21.7. The van der Waals surface area contributed by atoms with Crippen LogP contribution in [-0.4, -0.2) is 31.1 Å². The van der Waals surface area contributed by atoms with Crippen LogP contribution in [0.2, 0.25) is 0 Å². The molecule has 4 heterocycles. The van der Waals surface area contributed by atoms with Crippen molar-refractivity contribution in [1.29, 1.82) is 0 Å². The zero-order valence-corrected chi connectivity index (χ0v) is 15.9. The van der Waals surface area contributed by atoms with Crippen molar-refractivity contribution in [2.75, 3.05) is 0 Å². The number of carbonyl (C=O) groups is 1. The van der Waals surface area contributed by atoms with Gasteiger partial charge in [-0.15, -0.1) is 0 Å². The maximum absolute atomic E-state index is 14.1. The van der Waals surface area contributed by atoms with E-state index in [2.05, 4.69) is 15.3 Å². The maximum Gasteiger partial charge on any atom is 0.269 e. The lowest BCUT2D eigenvalue weighted by Crippen LogP contribution is -2.41. The Labute approximate surface area is 166 Å². The summed E-state index contributed by atoms with van der Waals surface area (Å²) in [6.45, 7) is 1.40. The average Bonchev–Trinajstić information content (AvgIpc) is 3.31. The molecule has 1 atom stereocenters. The van der Waals surface area contributed by atoms with E-state index < -0.39 is 11.6 Å². The molecule has 3 aromatic rings. The summed E-state index contributed by atoms with van der Waals surface area (Å²) >= 11 is 0. The predicted octanol–water partition coefficient (Wildman–Crippen LogP) is 3.11. The lowest BCUT2D eigenvalue weighted by molar-refractivity contribution is 0.0917. The first-order valence-electron chi connectivity index (χ1n) is 9.95. The maximum atomic E-state index is 14.1. The Kier molecular flexibility index (Phi) is 4.41. The molecule has 1 N–H and O–H groups in total. The summed E-state index contributed by atoms with van der Waals surface area (Å²) in [5.74, 6) is 0.476. The number of hydrogen-bond acceptors (Lipinski definition) is 3. The first-order valence-corrected chi connectivity index (χ1v) is 9.95. The van der Waals surface area contributed by atoms with Crippen LogP contribution >= 0.6 is 0 Å². The van der Waals surface area contributed by atoms with Gasteiger partial charge in [-0.05, 0) is 31.4 Å². The molecule has 1 aromatic carbocycles. The molecule has 1 unspecified atom stereocenters. The zero-order valence-electron chi connectivity index (χ0n) is 15.9. The number of aromatic nitrogens is 4. The number of fused-ring (bicyclic) bond motifs is 2. The van der Waals surface area contributed by atoms with Crippen molar-refractivity contribution in [2.45, 2.75) is 51.2 Å². The van der Waals surface area contributed by atoms with E-state index in [9.17, 15) is 13.6 Å². The van der Waals surface area contributed by atoms with Crippen molar-refractivity contribution in [3.05, 3.63) is 59.6 Å². The smallest absolute Gasteiger partial charge is 0.269 e. The average molecular weight is 397 g/mol. The van der Waals surface area contributed by atoms with Crippen LogP contribution in [0.1, 0.15) is 41.4 Å². The van der Waals surface area contributed by atoms with E-state index in [1.807, 2.05) is 9.13 Å². The number of nitrogens with zero attached hydrogens (tertiary/aromatic N) is 4. The van der Waals surface area contributed by atoms with Crippen molar-refractivity contribution >= 4 is 5.91 Å². The molecule has 0 spiro atoms. The first-order chi connectivity index (χ1) is 14.1. The lowest BCUT2D eigenvalue weighted by atomic mass is 10.1. The van der Waals surface area contributed by atoms with Gasteiger partial charge in [0.05, 0.1) is 11.9 Å². The Bertz CT molecular complexity index is 1090. The minimum atomic E-state index is -0.629. The third kappa shape index (κ3) is 3.32. The molecule has 2 aliphatic heterocycles. The normalized spacial score (nSPS) is 18.2. The largest absolute Gasteiger partial charge is 0.346 e. The van der Waals surface area contributed by atoms with E-state index >= 15 is 0 Å². The topological polar surface area (TPSA) is 64.7 Å². The van der Waals surface area contributed by atoms with Crippen molar-refractivity contribution in [3.8, 4) is 11.3 Å². The minimum Gasteiger partial charge on any atom is -0.346 e. The number of imidazole rings is 2. The monoisotopic (exact) mass is 397 g/mol. The SMILES string of the molecule is O=C(NC1CCc2nc(-c3ccc(F)cc3F)cn2C1)c1cnc2n1CCCC2. The molecular weight excluding hydrogens is 376 g/mol. The van der Waals surface area contributed by atoms with Crippen LogP contribution in [0.5, 0.6) is 0 Å². The molecule has 0 bridgehead atoms. The number of carbonyl (C=O) groups excluding carboxylic acids is 1. The van der Waals surface area contributed by atoms with Crippen LogP contribution < -0.4 is 5.32 Å². The van der Waals surface area contributed by atoms with E-state index in [-0.39, 0.29) is 17.5 Å². The van der Waals surface area contributed by atoms with Gasteiger partial charge in [-0.3, -0.25) is 4.79 Å². The van der Waals surface area contributed by atoms with Gasteiger partial charge >= 0.3 is 0 Å². The Morgan fingerprint density at radius 3 is 2.93 bits per heavy atom. The third-order valence-corrected chi connectivity index (χ3v) is 5.74. The predicted molar refractivity (Wildman–Crippen MR) is 102 cm³/mol. The first kappa shape index (κ1) is 18.0. The summed E-state index contributed by atoms with van der Waals surface area (Å²) in [6, 6.07) is 3.46. The van der Waals surface area contributed by atoms with E-state index in [4.69, 9.17) is 0 Å². The molecule has 0 saturated carbocycles. The van der Waals surface area contributed by atoms with Gasteiger partial charge in [-0.25, -0.2) is 18.7 Å².